The van der Waals surface area contributed by atoms with Crippen molar-refractivity contribution in [2.45, 2.75) is 38.8 Å². The second kappa shape index (κ2) is 10.1. The van der Waals surface area contributed by atoms with Gasteiger partial charge in [-0.3, -0.25) is 14.7 Å². The van der Waals surface area contributed by atoms with E-state index in [1.165, 1.54) is 5.52 Å². The molecule has 1 unspecified atom stereocenters. The molecule has 1 aromatic heterocycles. The number of carbonyl (C=O) groups excluding carboxylic acids is 1. The highest BCUT2D eigenvalue weighted by atomic mass is 16.2. The number of rotatable bonds is 6. The zero-order valence-corrected chi connectivity index (χ0v) is 18.8. The molecule has 2 saturated heterocycles. The van der Waals surface area contributed by atoms with Crippen molar-refractivity contribution in [1.29, 1.82) is 0 Å². The van der Waals surface area contributed by atoms with Crippen molar-refractivity contribution in [3.05, 3.63) is 30.6 Å². The number of guanidine groups is 1. The normalized spacial score (nSPS) is 19.2. The Labute approximate surface area is 184 Å². The van der Waals surface area contributed by atoms with E-state index in [1.807, 2.05) is 30.4 Å². The van der Waals surface area contributed by atoms with Gasteiger partial charge in [0.1, 0.15) is 0 Å². The average Bonchev–Trinajstić information content (AvgIpc) is 3.49. The summed E-state index contributed by atoms with van der Waals surface area (Å²) in [7, 11) is 1.84. The number of aryl methyl sites for hydroxylation is 1. The van der Waals surface area contributed by atoms with Gasteiger partial charge in [-0.05, 0) is 38.3 Å². The largest absolute Gasteiger partial charge is 0.356 e. The Morgan fingerprint density at radius 1 is 1.10 bits per heavy atom. The van der Waals surface area contributed by atoms with E-state index in [-0.39, 0.29) is 6.04 Å². The summed E-state index contributed by atoms with van der Waals surface area (Å²) in [5, 5.41) is 3.51. The third kappa shape index (κ3) is 5.01. The summed E-state index contributed by atoms with van der Waals surface area (Å²) in [4.78, 5) is 28.3. The minimum absolute atomic E-state index is 0.0276. The van der Waals surface area contributed by atoms with Crippen LogP contribution in [0, 0.1) is 0 Å². The number of likely N-dealkylation sites (tertiary alicyclic amines) is 1. The number of nitrogens with zero attached hydrogens (tertiary/aromatic N) is 6. The number of aromatic nitrogens is 2. The molecule has 4 rings (SSSR count). The van der Waals surface area contributed by atoms with Crippen molar-refractivity contribution >= 4 is 22.9 Å². The van der Waals surface area contributed by atoms with Crippen molar-refractivity contribution < 1.29 is 4.79 Å². The van der Waals surface area contributed by atoms with E-state index < -0.39 is 0 Å². The van der Waals surface area contributed by atoms with Gasteiger partial charge in [-0.25, -0.2) is 4.98 Å². The van der Waals surface area contributed by atoms with E-state index in [0.29, 0.717) is 5.91 Å². The van der Waals surface area contributed by atoms with Crippen LogP contribution in [-0.2, 0) is 11.3 Å². The predicted octanol–water partition coefficient (Wildman–Crippen LogP) is 1.63. The lowest BCUT2D eigenvalue weighted by Gasteiger charge is -2.39. The maximum absolute atomic E-state index is 12.7. The molecule has 0 spiro atoms. The third-order valence-corrected chi connectivity index (χ3v) is 6.53. The molecule has 0 saturated carbocycles. The molecule has 31 heavy (non-hydrogen) atoms. The first-order valence-corrected chi connectivity index (χ1v) is 11.6. The number of imidazole rings is 1. The Bertz CT molecular complexity index is 894. The first-order chi connectivity index (χ1) is 15.2. The van der Waals surface area contributed by atoms with E-state index in [9.17, 15) is 4.79 Å². The number of hydrogen-bond acceptors (Lipinski definition) is 4. The van der Waals surface area contributed by atoms with Crippen LogP contribution >= 0.6 is 0 Å². The SMILES string of the molecule is CN=C(NCCCn1cnc2ccccc21)N1CCN(C(C)C(=O)N2CCCC2)CC1. The first kappa shape index (κ1) is 21.6. The number of hydrogen-bond donors (Lipinski definition) is 1. The number of piperazine rings is 1. The van der Waals surface area contributed by atoms with Gasteiger partial charge in [-0.2, -0.15) is 0 Å². The molecule has 1 aromatic carbocycles. The van der Waals surface area contributed by atoms with E-state index in [2.05, 4.69) is 48.7 Å². The predicted molar refractivity (Wildman–Crippen MR) is 124 cm³/mol. The second-order valence-corrected chi connectivity index (χ2v) is 8.49. The van der Waals surface area contributed by atoms with Crippen LogP contribution in [0.5, 0.6) is 0 Å². The van der Waals surface area contributed by atoms with Crippen LogP contribution in [0.15, 0.2) is 35.6 Å². The van der Waals surface area contributed by atoms with Gasteiger partial charge >= 0.3 is 0 Å². The van der Waals surface area contributed by atoms with Crippen LogP contribution in [0.25, 0.3) is 11.0 Å². The van der Waals surface area contributed by atoms with Crippen LogP contribution in [-0.4, -0.2) is 95.0 Å². The van der Waals surface area contributed by atoms with Gasteiger partial charge < -0.3 is 19.7 Å². The number of amides is 1. The highest BCUT2D eigenvalue weighted by Crippen LogP contribution is 2.14. The van der Waals surface area contributed by atoms with E-state index >= 15 is 0 Å². The highest BCUT2D eigenvalue weighted by Gasteiger charge is 2.30. The lowest BCUT2D eigenvalue weighted by molar-refractivity contribution is -0.135. The molecule has 2 aliphatic heterocycles. The Morgan fingerprint density at radius 3 is 2.58 bits per heavy atom. The lowest BCUT2D eigenvalue weighted by atomic mass is 10.2. The molecule has 1 amide bonds. The second-order valence-electron chi connectivity index (χ2n) is 8.49. The number of fused-ring (bicyclic) bond motifs is 1. The number of carbonyl (C=O) groups is 1. The molecule has 168 valence electrons. The molecule has 1 N–H and O–H groups in total. The quantitative estimate of drug-likeness (QED) is 0.433. The third-order valence-electron chi connectivity index (χ3n) is 6.53. The molecular formula is C23H35N7O. The Morgan fingerprint density at radius 2 is 1.84 bits per heavy atom. The molecule has 0 aliphatic carbocycles. The molecule has 2 aromatic rings. The molecule has 1 atom stereocenters. The van der Waals surface area contributed by atoms with Gasteiger partial charge in [0.15, 0.2) is 5.96 Å². The van der Waals surface area contributed by atoms with Crippen LogP contribution < -0.4 is 5.32 Å². The molecule has 2 fully saturated rings. The molecule has 3 heterocycles. The fourth-order valence-electron chi connectivity index (χ4n) is 4.65. The Kier molecular flexibility index (Phi) is 7.06. The van der Waals surface area contributed by atoms with Crippen molar-refractivity contribution in [3.8, 4) is 0 Å². The lowest BCUT2D eigenvalue weighted by Crippen LogP contribution is -2.57. The summed E-state index contributed by atoms with van der Waals surface area (Å²) >= 11 is 0. The summed E-state index contributed by atoms with van der Waals surface area (Å²) in [5.41, 5.74) is 2.22. The van der Waals surface area contributed by atoms with E-state index in [4.69, 9.17) is 0 Å². The minimum Gasteiger partial charge on any atom is -0.356 e. The first-order valence-electron chi connectivity index (χ1n) is 11.6. The molecule has 8 heteroatoms. The summed E-state index contributed by atoms with van der Waals surface area (Å²) in [6, 6.07) is 8.21. The monoisotopic (exact) mass is 425 g/mol. The maximum atomic E-state index is 12.7. The Hall–Kier alpha value is -2.61. The van der Waals surface area contributed by atoms with Crippen LogP contribution in [0.4, 0.5) is 0 Å². The summed E-state index contributed by atoms with van der Waals surface area (Å²) in [6.07, 6.45) is 5.21. The molecule has 2 aliphatic rings. The van der Waals surface area contributed by atoms with Crippen molar-refractivity contribution in [1.82, 2.24) is 29.6 Å². The number of nitrogens with one attached hydrogen (secondary N) is 1. The van der Waals surface area contributed by atoms with Gasteiger partial charge in [0.05, 0.1) is 23.4 Å². The van der Waals surface area contributed by atoms with Crippen LogP contribution in [0.1, 0.15) is 26.2 Å². The number of aliphatic imine (C=N–C) groups is 1. The van der Waals surface area contributed by atoms with E-state index in [0.717, 1.165) is 83.1 Å². The molecule has 0 bridgehead atoms. The zero-order chi connectivity index (χ0) is 21.6. The molecule has 0 radical (unpaired) electrons. The molecule has 8 nitrogen and oxygen atoms in total. The Balaban J connectivity index is 1.21. The van der Waals surface area contributed by atoms with Crippen molar-refractivity contribution in [2.24, 2.45) is 4.99 Å². The fraction of sp³-hybridized carbons (Fsp3) is 0.609. The van der Waals surface area contributed by atoms with E-state index in [1.54, 1.807) is 0 Å². The van der Waals surface area contributed by atoms with Gasteiger partial charge in [-0.1, -0.05) is 12.1 Å². The van der Waals surface area contributed by atoms with Crippen molar-refractivity contribution in [2.75, 3.05) is 52.9 Å². The van der Waals surface area contributed by atoms with Crippen LogP contribution in [0.3, 0.4) is 0 Å². The zero-order valence-electron chi connectivity index (χ0n) is 18.8. The summed E-state index contributed by atoms with van der Waals surface area (Å²) < 4.78 is 2.21. The highest BCUT2D eigenvalue weighted by molar-refractivity contribution is 5.82. The minimum atomic E-state index is -0.0276. The summed E-state index contributed by atoms with van der Waals surface area (Å²) in [6.45, 7) is 9.27. The van der Waals surface area contributed by atoms with Crippen molar-refractivity contribution in [3.63, 3.8) is 0 Å². The fourth-order valence-corrected chi connectivity index (χ4v) is 4.65. The van der Waals surface area contributed by atoms with Gasteiger partial charge in [-0.15, -0.1) is 0 Å². The van der Waals surface area contributed by atoms with Crippen LogP contribution in [0.2, 0.25) is 0 Å². The number of para-hydroxylation sites is 2. The summed E-state index contributed by atoms with van der Waals surface area (Å²) in [5.74, 6) is 1.24. The van der Waals surface area contributed by atoms with Gasteiger partial charge in [0, 0.05) is 59.4 Å². The number of benzene rings is 1. The maximum Gasteiger partial charge on any atom is 0.239 e. The molecular weight excluding hydrogens is 390 g/mol. The van der Waals surface area contributed by atoms with Gasteiger partial charge in [0.2, 0.25) is 5.91 Å². The average molecular weight is 426 g/mol. The standard InChI is InChI=1S/C23H35N7O/c1-19(22(31)28-11-5-6-12-28)27-14-16-29(17-15-27)23(24-2)25-10-7-13-30-18-26-20-8-3-4-9-21(20)30/h3-4,8-9,18-19H,5-7,10-17H2,1-2H3,(H,24,25). The van der Waals surface area contributed by atoms with Gasteiger partial charge in [0.25, 0.3) is 0 Å². The smallest absolute Gasteiger partial charge is 0.239 e. The topological polar surface area (TPSA) is 69.0 Å².